The Morgan fingerprint density at radius 1 is 1.12 bits per heavy atom. The molecule has 130 valence electrons. The lowest BCUT2D eigenvalue weighted by atomic mass is 10.2. The minimum Gasteiger partial charge on any atom is -0.497 e. The topological polar surface area (TPSA) is 120 Å². The number of ether oxygens (including phenoxy) is 2. The highest BCUT2D eigenvalue weighted by molar-refractivity contribution is 7.89. The van der Waals surface area contributed by atoms with Crippen molar-refractivity contribution in [2.75, 3.05) is 14.2 Å². The molecule has 2 rings (SSSR count). The van der Waals surface area contributed by atoms with Gasteiger partial charge in [-0.25, -0.2) is 8.42 Å². The second kappa shape index (κ2) is 6.89. The van der Waals surface area contributed by atoms with Crippen LogP contribution in [0.4, 0.5) is 0 Å². The van der Waals surface area contributed by atoms with Crippen LogP contribution in [0.2, 0.25) is 0 Å². The minimum absolute atomic E-state index is 0.119. The fourth-order valence-electron chi connectivity index (χ4n) is 2.03. The molecule has 0 aliphatic rings. The van der Waals surface area contributed by atoms with Gasteiger partial charge in [-0.3, -0.25) is 10.2 Å². The van der Waals surface area contributed by atoms with E-state index in [9.17, 15) is 13.2 Å². The fourth-order valence-corrected chi connectivity index (χ4v) is 3.20. The summed E-state index contributed by atoms with van der Waals surface area (Å²) in [5, 5.41) is 3.57. The van der Waals surface area contributed by atoms with E-state index in [1.807, 2.05) is 4.83 Å². The number of hydrazine groups is 1. The van der Waals surface area contributed by atoms with E-state index in [1.165, 1.54) is 40.2 Å². The summed E-state index contributed by atoms with van der Waals surface area (Å²) < 4.78 is 39.4. The zero-order valence-electron chi connectivity index (χ0n) is 13.5. The molecule has 1 aromatic heterocycles. The van der Waals surface area contributed by atoms with Crippen LogP contribution in [-0.2, 0) is 10.0 Å². The molecule has 0 radical (unpaired) electrons. The molecule has 0 saturated carbocycles. The van der Waals surface area contributed by atoms with E-state index in [4.69, 9.17) is 14.0 Å². The number of aryl methyl sites for hydroxylation is 2. The zero-order chi connectivity index (χ0) is 17.9. The number of amides is 1. The van der Waals surface area contributed by atoms with Crippen LogP contribution in [0, 0.1) is 13.8 Å². The SMILES string of the molecule is COc1cc(OC)cc(C(=O)NNS(=O)(=O)c2c(C)noc2C)c1. The number of hydrogen-bond acceptors (Lipinski definition) is 7. The van der Waals surface area contributed by atoms with Gasteiger partial charge in [0.1, 0.15) is 22.1 Å². The first-order chi connectivity index (χ1) is 11.3. The van der Waals surface area contributed by atoms with E-state index < -0.39 is 15.9 Å². The average molecular weight is 355 g/mol. The van der Waals surface area contributed by atoms with E-state index in [2.05, 4.69) is 10.6 Å². The Morgan fingerprint density at radius 3 is 2.17 bits per heavy atom. The van der Waals surface area contributed by atoms with Crippen molar-refractivity contribution in [1.82, 2.24) is 15.4 Å². The van der Waals surface area contributed by atoms with E-state index >= 15 is 0 Å². The van der Waals surface area contributed by atoms with Gasteiger partial charge < -0.3 is 14.0 Å². The maximum atomic E-state index is 12.2. The molecule has 2 aromatic rings. The normalized spacial score (nSPS) is 11.2. The Kier molecular flexibility index (Phi) is 5.10. The predicted molar refractivity (Wildman–Crippen MR) is 83.3 cm³/mol. The van der Waals surface area contributed by atoms with Crippen molar-refractivity contribution in [3.63, 3.8) is 0 Å². The minimum atomic E-state index is -4.01. The Labute approximate surface area is 138 Å². The monoisotopic (exact) mass is 355 g/mol. The van der Waals surface area contributed by atoms with Gasteiger partial charge in [-0.2, -0.15) is 0 Å². The molecule has 0 aliphatic heterocycles. The van der Waals surface area contributed by atoms with Crippen LogP contribution < -0.4 is 19.7 Å². The van der Waals surface area contributed by atoms with E-state index in [1.54, 1.807) is 6.07 Å². The molecular formula is C14H17N3O6S. The summed E-state index contributed by atoms with van der Waals surface area (Å²) in [5.41, 5.74) is 2.48. The molecule has 24 heavy (non-hydrogen) atoms. The quantitative estimate of drug-likeness (QED) is 0.740. The van der Waals surface area contributed by atoms with Crippen molar-refractivity contribution in [2.45, 2.75) is 18.7 Å². The predicted octanol–water partition coefficient (Wildman–Crippen LogP) is 0.932. The first-order valence-electron chi connectivity index (χ1n) is 6.76. The Bertz CT molecular complexity index is 818. The third-order valence-electron chi connectivity index (χ3n) is 3.15. The first kappa shape index (κ1) is 17.8. The van der Waals surface area contributed by atoms with Gasteiger partial charge >= 0.3 is 0 Å². The summed E-state index contributed by atoms with van der Waals surface area (Å²) in [7, 11) is -1.13. The number of benzene rings is 1. The molecule has 9 nitrogen and oxygen atoms in total. The third kappa shape index (κ3) is 3.66. The van der Waals surface area contributed by atoms with Crippen molar-refractivity contribution in [1.29, 1.82) is 0 Å². The largest absolute Gasteiger partial charge is 0.497 e. The number of nitrogens with one attached hydrogen (secondary N) is 2. The van der Waals surface area contributed by atoms with Gasteiger partial charge in [0, 0.05) is 11.6 Å². The molecule has 0 saturated heterocycles. The van der Waals surface area contributed by atoms with Gasteiger partial charge in [-0.1, -0.05) is 5.16 Å². The van der Waals surface area contributed by atoms with Gasteiger partial charge in [-0.05, 0) is 26.0 Å². The zero-order valence-corrected chi connectivity index (χ0v) is 14.4. The summed E-state index contributed by atoms with van der Waals surface area (Å²) >= 11 is 0. The van der Waals surface area contributed by atoms with Crippen molar-refractivity contribution in [3.8, 4) is 11.5 Å². The molecule has 10 heteroatoms. The molecule has 0 unspecified atom stereocenters. The second-order valence-corrected chi connectivity index (χ2v) is 6.43. The van der Waals surface area contributed by atoms with E-state index in [0.29, 0.717) is 11.5 Å². The van der Waals surface area contributed by atoms with Crippen LogP contribution in [0.25, 0.3) is 0 Å². The van der Waals surface area contributed by atoms with Crippen molar-refractivity contribution in [3.05, 3.63) is 35.2 Å². The van der Waals surface area contributed by atoms with Crippen LogP contribution in [0.5, 0.6) is 11.5 Å². The maximum Gasteiger partial charge on any atom is 0.266 e. The Balaban J connectivity index is 2.19. The van der Waals surface area contributed by atoms with E-state index in [0.717, 1.165) is 0 Å². The highest BCUT2D eigenvalue weighted by Crippen LogP contribution is 2.22. The lowest BCUT2D eigenvalue weighted by Gasteiger charge is -2.10. The van der Waals surface area contributed by atoms with Crippen LogP contribution >= 0.6 is 0 Å². The van der Waals surface area contributed by atoms with Gasteiger partial charge in [0.25, 0.3) is 15.9 Å². The standard InChI is InChI=1S/C14H17N3O6S/c1-8-13(9(2)23-16-8)24(19,20)17-15-14(18)10-5-11(21-3)7-12(6-10)22-4/h5-7,17H,1-4H3,(H,15,18). The van der Waals surface area contributed by atoms with Crippen LogP contribution in [0.15, 0.2) is 27.6 Å². The first-order valence-corrected chi connectivity index (χ1v) is 8.25. The number of carbonyl (C=O) groups is 1. The highest BCUT2D eigenvalue weighted by atomic mass is 32.2. The molecule has 0 bridgehead atoms. The summed E-state index contributed by atoms with van der Waals surface area (Å²) in [4.78, 5) is 14.1. The summed E-state index contributed by atoms with van der Waals surface area (Å²) in [5.74, 6) is 0.237. The molecule has 0 fully saturated rings. The summed E-state index contributed by atoms with van der Waals surface area (Å²) in [6.07, 6.45) is 0. The van der Waals surface area contributed by atoms with Crippen LogP contribution in [0.3, 0.4) is 0 Å². The lowest BCUT2D eigenvalue weighted by molar-refractivity contribution is 0.0944. The summed E-state index contributed by atoms with van der Waals surface area (Å²) in [6, 6.07) is 4.48. The molecular weight excluding hydrogens is 338 g/mol. The van der Waals surface area contributed by atoms with Crippen molar-refractivity contribution >= 4 is 15.9 Å². The molecule has 1 amide bonds. The molecule has 1 heterocycles. The number of hydrogen-bond donors (Lipinski definition) is 2. The van der Waals surface area contributed by atoms with Gasteiger partial charge in [0.05, 0.1) is 14.2 Å². The molecule has 1 aromatic carbocycles. The average Bonchev–Trinajstić information content (AvgIpc) is 2.91. The summed E-state index contributed by atoms with van der Waals surface area (Å²) in [6.45, 7) is 2.95. The van der Waals surface area contributed by atoms with Crippen molar-refractivity contribution in [2.24, 2.45) is 0 Å². The number of nitrogens with zero attached hydrogens (tertiary/aromatic N) is 1. The lowest BCUT2D eigenvalue weighted by Crippen LogP contribution is -2.41. The molecule has 0 aliphatic carbocycles. The molecule has 0 spiro atoms. The van der Waals surface area contributed by atoms with Crippen molar-refractivity contribution < 1.29 is 27.2 Å². The number of carbonyl (C=O) groups excluding carboxylic acids is 1. The molecule has 0 atom stereocenters. The highest BCUT2D eigenvalue weighted by Gasteiger charge is 2.25. The van der Waals surface area contributed by atoms with Gasteiger partial charge in [0.2, 0.25) is 0 Å². The fraction of sp³-hybridized carbons (Fsp3) is 0.286. The number of sulfonamides is 1. The number of aromatic nitrogens is 1. The second-order valence-electron chi connectivity index (χ2n) is 4.81. The number of methoxy groups -OCH3 is 2. The Morgan fingerprint density at radius 2 is 1.71 bits per heavy atom. The van der Waals surface area contributed by atoms with Crippen LogP contribution in [-0.4, -0.2) is 33.7 Å². The number of rotatable bonds is 6. The van der Waals surface area contributed by atoms with E-state index in [-0.39, 0.29) is 21.9 Å². The smallest absolute Gasteiger partial charge is 0.266 e. The van der Waals surface area contributed by atoms with Gasteiger partial charge in [0.15, 0.2) is 5.76 Å². The maximum absolute atomic E-state index is 12.2. The van der Waals surface area contributed by atoms with Crippen LogP contribution in [0.1, 0.15) is 21.8 Å². The molecule has 2 N–H and O–H groups in total. The Hall–Kier alpha value is -2.59. The third-order valence-corrected chi connectivity index (χ3v) is 4.64. The van der Waals surface area contributed by atoms with Gasteiger partial charge in [-0.15, -0.1) is 4.83 Å².